The van der Waals surface area contributed by atoms with E-state index in [0.717, 1.165) is 16.0 Å². The summed E-state index contributed by atoms with van der Waals surface area (Å²) >= 11 is 3.33. The van der Waals surface area contributed by atoms with E-state index in [0.29, 0.717) is 5.89 Å². The molecule has 15 heavy (non-hydrogen) atoms. The van der Waals surface area contributed by atoms with E-state index in [1.165, 1.54) is 3.66 Å². The first-order valence-electron chi connectivity index (χ1n) is 4.39. The molecule has 0 amide bonds. The molecule has 0 bridgehead atoms. The molecule has 3 heterocycles. The molecule has 0 radical (unpaired) electrons. The molecule has 0 saturated heterocycles. The normalized spacial score (nSPS) is 11.0. The first kappa shape index (κ1) is 9.13. The van der Waals surface area contributed by atoms with Gasteiger partial charge in [-0.15, -0.1) is 0 Å². The summed E-state index contributed by atoms with van der Waals surface area (Å²) in [6.45, 7) is 0. The van der Waals surface area contributed by atoms with E-state index in [1.807, 2.05) is 12.1 Å². The Morgan fingerprint density at radius 3 is 2.93 bits per heavy atom. The number of nitrogens with zero attached hydrogens (tertiary/aromatic N) is 2. The van der Waals surface area contributed by atoms with Gasteiger partial charge in [-0.1, -0.05) is 0 Å². The van der Waals surface area contributed by atoms with Gasteiger partial charge >= 0.3 is 98.7 Å². The second kappa shape index (κ2) is 3.47. The van der Waals surface area contributed by atoms with Crippen LogP contribution in [0.5, 0.6) is 0 Å². The molecule has 3 aromatic heterocycles. The molecule has 0 fully saturated rings. The van der Waals surface area contributed by atoms with Crippen LogP contribution in [0, 0.1) is 0 Å². The summed E-state index contributed by atoms with van der Waals surface area (Å²) in [5.74, 6) is 0.687. The van der Waals surface area contributed by atoms with E-state index in [2.05, 4.69) is 16.0 Å². The van der Waals surface area contributed by atoms with Crippen molar-refractivity contribution in [3.8, 4) is 10.8 Å². The van der Waals surface area contributed by atoms with E-state index in [9.17, 15) is 0 Å². The standard InChI is InChI=1S/C10H7AsN2OS/c11-9-2-1-8(15-9)10-13-6-3-4-12-5-7(6)14-10/h1-5H,11H2. The van der Waals surface area contributed by atoms with Gasteiger partial charge in [0, 0.05) is 0 Å². The molecule has 0 aliphatic rings. The number of pyridine rings is 1. The Balaban J connectivity index is 2.19. The molecule has 0 aromatic carbocycles. The van der Waals surface area contributed by atoms with Gasteiger partial charge in [0.1, 0.15) is 0 Å². The number of rotatable bonds is 1. The Bertz CT molecular complexity index is 583. The van der Waals surface area contributed by atoms with Crippen molar-refractivity contribution in [1.29, 1.82) is 0 Å². The predicted octanol–water partition coefficient (Wildman–Crippen LogP) is 1.21. The zero-order valence-electron chi connectivity index (χ0n) is 7.68. The van der Waals surface area contributed by atoms with Gasteiger partial charge in [0.05, 0.1) is 0 Å². The SMILES string of the molecule is [AsH2]c1ccc(-c2nc3ccncc3o2)s1. The second-order valence-electron chi connectivity index (χ2n) is 3.06. The monoisotopic (exact) mass is 278 g/mol. The average Bonchev–Trinajstić information content (AvgIpc) is 2.82. The van der Waals surface area contributed by atoms with Crippen molar-refractivity contribution in [2.24, 2.45) is 0 Å². The number of thiophene rings is 1. The number of hydrogen-bond acceptors (Lipinski definition) is 4. The Morgan fingerprint density at radius 2 is 2.20 bits per heavy atom. The van der Waals surface area contributed by atoms with Gasteiger partial charge in [-0.25, -0.2) is 0 Å². The van der Waals surface area contributed by atoms with Crippen LogP contribution in [0.4, 0.5) is 0 Å². The topological polar surface area (TPSA) is 38.9 Å². The van der Waals surface area contributed by atoms with Gasteiger partial charge in [-0.2, -0.15) is 0 Å². The molecule has 3 nitrogen and oxygen atoms in total. The molecule has 0 spiro atoms. The maximum atomic E-state index is 5.61. The fourth-order valence-electron chi connectivity index (χ4n) is 1.35. The van der Waals surface area contributed by atoms with Gasteiger partial charge in [0.25, 0.3) is 0 Å². The molecule has 1 unspecified atom stereocenters. The molecule has 5 heteroatoms. The molecule has 74 valence electrons. The molecule has 3 aromatic rings. The van der Waals surface area contributed by atoms with Crippen molar-refractivity contribution in [1.82, 2.24) is 9.97 Å². The maximum absolute atomic E-state index is 5.61. The quantitative estimate of drug-likeness (QED) is 0.628. The summed E-state index contributed by atoms with van der Waals surface area (Å²) in [4.78, 5) is 9.48. The summed E-state index contributed by atoms with van der Waals surface area (Å²) in [5.41, 5.74) is 1.60. The van der Waals surface area contributed by atoms with Crippen LogP contribution in [-0.2, 0) is 0 Å². The Hall–Kier alpha value is -1.12. The number of fused-ring (bicyclic) bond motifs is 1. The first-order chi connectivity index (χ1) is 7.33. The van der Waals surface area contributed by atoms with Gasteiger partial charge < -0.3 is 0 Å². The molecule has 3 rings (SSSR count). The third kappa shape index (κ3) is 1.60. The van der Waals surface area contributed by atoms with E-state index < -0.39 is 0 Å². The van der Waals surface area contributed by atoms with Gasteiger partial charge in [0.15, 0.2) is 0 Å². The van der Waals surface area contributed by atoms with Gasteiger partial charge in [0.2, 0.25) is 0 Å². The van der Waals surface area contributed by atoms with Gasteiger partial charge in [-0.3, -0.25) is 0 Å². The summed E-state index contributed by atoms with van der Waals surface area (Å²) in [7, 11) is 0. The Kier molecular flexibility index (Phi) is 2.11. The van der Waals surface area contributed by atoms with Crippen LogP contribution < -0.4 is 3.66 Å². The van der Waals surface area contributed by atoms with E-state index >= 15 is 0 Å². The van der Waals surface area contributed by atoms with E-state index in [1.54, 1.807) is 40.6 Å². The minimum absolute atomic E-state index is 0.687. The molecule has 0 aliphatic heterocycles. The predicted molar refractivity (Wildman–Crippen MR) is 63.3 cm³/mol. The molecular formula is C10H7AsN2OS. The first-order valence-corrected chi connectivity index (χ1v) is 6.42. The fourth-order valence-corrected chi connectivity index (χ4v) is 3.05. The molecule has 0 saturated carbocycles. The Labute approximate surface area is 98.7 Å². The van der Waals surface area contributed by atoms with Crippen molar-refractivity contribution in [3.05, 3.63) is 30.6 Å². The molecule has 1 atom stereocenters. The van der Waals surface area contributed by atoms with Crippen molar-refractivity contribution in [2.75, 3.05) is 0 Å². The van der Waals surface area contributed by atoms with Crippen LogP contribution in [0.1, 0.15) is 0 Å². The minimum atomic E-state index is 0.687. The van der Waals surface area contributed by atoms with Crippen molar-refractivity contribution in [3.63, 3.8) is 0 Å². The fraction of sp³-hybridized carbons (Fsp3) is 0. The zero-order valence-corrected chi connectivity index (χ0v) is 10.9. The van der Waals surface area contributed by atoms with Crippen LogP contribution in [0.15, 0.2) is 35.0 Å². The molecular weight excluding hydrogens is 271 g/mol. The van der Waals surface area contributed by atoms with Crippen molar-refractivity contribution in [2.45, 2.75) is 0 Å². The van der Waals surface area contributed by atoms with E-state index in [-0.39, 0.29) is 0 Å². The second-order valence-corrected chi connectivity index (χ2v) is 6.36. The van der Waals surface area contributed by atoms with Crippen LogP contribution in [0.25, 0.3) is 21.9 Å². The number of aromatic nitrogens is 2. The van der Waals surface area contributed by atoms with Crippen LogP contribution in [-0.4, -0.2) is 26.8 Å². The van der Waals surface area contributed by atoms with Crippen LogP contribution >= 0.6 is 11.3 Å². The molecule has 0 aliphatic carbocycles. The summed E-state index contributed by atoms with van der Waals surface area (Å²) < 4.78 is 6.93. The summed E-state index contributed by atoms with van der Waals surface area (Å²) in [6, 6.07) is 5.99. The summed E-state index contributed by atoms with van der Waals surface area (Å²) in [5, 5.41) is 0. The third-order valence-corrected chi connectivity index (χ3v) is 4.08. The summed E-state index contributed by atoms with van der Waals surface area (Å²) in [6.07, 6.45) is 3.41. The molecule has 0 N–H and O–H groups in total. The van der Waals surface area contributed by atoms with Crippen LogP contribution in [0.3, 0.4) is 0 Å². The van der Waals surface area contributed by atoms with Crippen molar-refractivity contribution >= 4 is 43.0 Å². The van der Waals surface area contributed by atoms with Crippen molar-refractivity contribution < 1.29 is 4.42 Å². The van der Waals surface area contributed by atoms with Crippen LogP contribution in [0.2, 0.25) is 0 Å². The number of oxazole rings is 1. The zero-order chi connectivity index (χ0) is 10.3. The van der Waals surface area contributed by atoms with Gasteiger partial charge in [-0.05, 0) is 0 Å². The van der Waals surface area contributed by atoms with E-state index in [4.69, 9.17) is 4.42 Å². The average molecular weight is 278 g/mol. The number of hydrogen-bond donors (Lipinski definition) is 0. The third-order valence-electron chi connectivity index (χ3n) is 2.03. The Morgan fingerprint density at radius 1 is 1.27 bits per heavy atom.